The molecule has 1 aromatic carbocycles. The minimum absolute atomic E-state index is 0.0499. The van der Waals surface area contributed by atoms with Gasteiger partial charge in [0.1, 0.15) is 12.5 Å². The summed E-state index contributed by atoms with van der Waals surface area (Å²) in [4.78, 5) is 0. The van der Waals surface area contributed by atoms with Gasteiger partial charge in [0.2, 0.25) is 0 Å². The zero-order chi connectivity index (χ0) is 19.6. The maximum Gasteiger partial charge on any atom is 0.162 e. The van der Waals surface area contributed by atoms with E-state index in [2.05, 4.69) is 13.8 Å². The van der Waals surface area contributed by atoms with Crippen molar-refractivity contribution in [2.24, 2.45) is 11.8 Å². The van der Waals surface area contributed by atoms with Gasteiger partial charge in [-0.05, 0) is 30.5 Å². The monoisotopic (exact) mass is 382 g/mol. The molecule has 1 fully saturated rings. The molecule has 0 saturated carbocycles. The predicted molar refractivity (Wildman–Crippen MR) is 103 cm³/mol. The molecule has 6 nitrogen and oxygen atoms in total. The molecule has 0 N–H and O–H groups in total. The largest absolute Gasteiger partial charge is 0.497 e. The zero-order valence-corrected chi connectivity index (χ0v) is 17.2. The van der Waals surface area contributed by atoms with Gasteiger partial charge in [-0.15, -0.1) is 0 Å². The second kappa shape index (κ2) is 11.6. The van der Waals surface area contributed by atoms with E-state index in [9.17, 15) is 0 Å². The van der Waals surface area contributed by atoms with E-state index in [-0.39, 0.29) is 37.1 Å². The van der Waals surface area contributed by atoms with Gasteiger partial charge in [-0.2, -0.15) is 0 Å². The van der Waals surface area contributed by atoms with Crippen LogP contribution in [0.4, 0.5) is 0 Å². The normalized spacial score (nSPS) is 28.3. The van der Waals surface area contributed by atoms with Gasteiger partial charge in [0.15, 0.2) is 6.29 Å². The van der Waals surface area contributed by atoms with Gasteiger partial charge in [0, 0.05) is 32.7 Å². The van der Waals surface area contributed by atoms with Gasteiger partial charge in [-0.1, -0.05) is 26.0 Å². The summed E-state index contributed by atoms with van der Waals surface area (Å²) >= 11 is 0. The molecule has 0 radical (unpaired) electrons. The smallest absolute Gasteiger partial charge is 0.162 e. The number of methoxy groups -OCH3 is 3. The summed E-state index contributed by atoms with van der Waals surface area (Å²) in [5, 5.41) is 0. The lowest BCUT2D eigenvalue weighted by Crippen LogP contribution is -2.50. The molecule has 1 aliphatic rings. The highest BCUT2D eigenvalue weighted by molar-refractivity contribution is 5.26. The van der Waals surface area contributed by atoms with E-state index in [1.54, 1.807) is 21.3 Å². The van der Waals surface area contributed by atoms with Crippen molar-refractivity contribution in [1.82, 2.24) is 0 Å². The summed E-state index contributed by atoms with van der Waals surface area (Å²) in [6.07, 6.45) is 1.70. The van der Waals surface area contributed by atoms with Crippen LogP contribution in [0.1, 0.15) is 32.3 Å². The quantitative estimate of drug-likeness (QED) is 0.430. The Bertz CT molecular complexity index is 520. The third kappa shape index (κ3) is 6.43. The van der Waals surface area contributed by atoms with E-state index in [4.69, 9.17) is 28.4 Å². The first-order valence-electron chi connectivity index (χ1n) is 9.60. The van der Waals surface area contributed by atoms with Crippen molar-refractivity contribution in [3.63, 3.8) is 0 Å². The van der Waals surface area contributed by atoms with E-state index in [1.807, 2.05) is 24.3 Å². The minimum Gasteiger partial charge on any atom is -0.497 e. The van der Waals surface area contributed by atoms with Crippen LogP contribution in [0, 0.1) is 11.8 Å². The lowest BCUT2D eigenvalue weighted by atomic mass is 9.84. The number of hydrogen-bond donors (Lipinski definition) is 0. The van der Waals surface area contributed by atoms with Gasteiger partial charge in [0.25, 0.3) is 0 Å². The Morgan fingerprint density at radius 3 is 2.37 bits per heavy atom. The summed E-state index contributed by atoms with van der Waals surface area (Å²) in [7, 11) is 4.99. The molecular formula is C21H34O6. The van der Waals surface area contributed by atoms with Gasteiger partial charge in [0.05, 0.1) is 25.9 Å². The molecule has 1 aromatic rings. The Labute approximate surface area is 163 Å². The first kappa shape index (κ1) is 22.1. The van der Waals surface area contributed by atoms with Crippen LogP contribution in [0.15, 0.2) is 24.3 Å². The van der Waals surface area contributed by atoms with E-state index in [0.29, 0.717) is 13.2 Å². The van der Waals surface area contributed by atoms with E-state index in [0.717, 1.165) is 24.2 Å². The van der Waals surface area contributed by atoms with Gasteiger partial charge in [-0.25, -0.2) is 0 Å². The topological polar surface area (TPSA) is 55.4 Å². The summed E-state index contributed by atoms with van der Waals surface area (Å²) in [6.45, 7) is 5.84. The van der Waals surface area contributed by atoms with Crippen molar-refractivity contribution < 1.29 is 28.4 Å². The molecule has 0 bridgehead atoms. The average molecular weight is 382 g/mol. The van der Waals surface area contributed by atoms with Crippen molar-refractivity contribution in [2.45, 2.75) is 51.8 Å². The van der Waals surface area contributed by atoms with E-state index >= 15 is 0 Å². The van der Waals surface area contributed by atoms with Crippen LogP contribution in [0.25, 0.3) is 0 Å². The summed E-state index contributed by atoms with van der Waals surface area (Å²) < 4.78 is 33.6. The highest BCUT2D eigenvalue weighted by atomic mass is 16.7. The molecule has 1 saturated heterocycles. The fraction of sp³-hybridized carbons (Fsp3) is 0.714. The molecule has 0 unspecified atom stereocenters. The SMILES string of the molecule is COCO[C@@H]1[C@@H](C)[C@@H](OC)O[C@@H](CCCOCc2ccc(OC)cc2)[C@H]1C. The lowest BCUT2D eigenvalue weighted by Gasteiger charge is -2.44. The van der Waals surface area contributed by atoms with Crippen LogP contribution in [0.3, 0.4) is 0 Å². The Hall–Kier alpha value is -1.18. The third-order valence-corrected chi connectivity index (χ3v) is 5.18. The van der Waals surface area contributed by atoms with Crippen LogP contribution in [-0.2, 0) is 30.3 Å². The second-order valence-corrected chi connectivity index (χ2v) is 7.08. The van der Waals surface area contributed by atoms with Crippen molar-refractivity contribution in [3.05, 3.63) is 29.8 Å². The van der Waals surface area contributed by atoms with Crippen LogP contribution >= 0.6 is 0 Å². The molecule has 0 spiro atoms. The second-order valence-electron chi connectivity index (χ2n) is 7.08. The number of benzene rings is 1. The van der Waals surface area contributed by atoms with Gasteiger partial charge < -0.3 is 28.4 Å². The molecule has 1 aliphatic heterocycles. The Balaban J connectivity index is 1.75. The Morgan fingerprint density at radius 1 is 1.00 bits per heavy atom. The highest BCUT2D eigenvalue weighted by Crippen LogP contribution is 2.34. The number of rotatable bonds is 11. The lowest BCUT2D eigenvalue weighted by molar-refractivity contribution is -0.271. The standard InChI is InChI=1S/C21H34O6/c1-15-19(27-21(24-5)16(2)20(15)26-14-22-3)7-6-12-25-13-17-8-10-18(23-4)11-9-17/h8-11,15-16,19-21H,6-7,12-14H2,1-5H3/t15-,16-,19+,20+,21+/m1/s1. The van der Waals surface area contributed by atoms with Crippen molar-refractivity contribution in [2.75, 3.05) is 34.7 Å². The number of ether oxygens (including phenoxy) is 6. The van der Waals surface area contributed by atoms with Crippen molar-refractivity contribution in [1.29, 1.82) is 0 Å². The molecule has 0 aliphatic carbocycles. The fourth-order valence-corrected chi connectivity index (χ4v) is 3.62. The highest BCUT2D eigenvalue weighted by Gasteiger charge is 2.42. The third-order valence-electron chi connectivity index (χ3n) is 5.18. The molecule has 27 heavy (non-hydrogen) atoms. The molecule has 1 heterocycles. The first-order chi connectivity index (χ1) is 13.1. The van der Waals surface area contributed by atoms with Crippen LogP contribution in [-0.4, -0.2) is 53.2 Å². The summed E-state index contributed by atoms with van der Waals surface area (Å²) in [5.41, 5.74) is 1.14. The molecule has 6 heteroatoms. The Morgan fingerprint density at radius 2 is 1.74 bits per heavy atom. The van der Waals surface area contributed by atoms with Crippen molar-refractivity contribution in [3.8, 4) is 5.75 Å². The molecular weight excluding hydrogens is 348 g/mol. The predicted octanol–water partition coefficient (Wildman–Crippen LogP) is 3.62. The minimum atomic E-state index is -0.256. The van der Waals surface area contributed by atoms with E-state index < -0.39 is 0 Å². The molecule has 154 valence electrons. The fourth-order valence-electron chi connectivity index (χ4n) is 3.62. The summed E-state index contributed by atoms with van der Waals surface area (Å²) in [6, 6.07) is 7.94. The molecule has 5 atom stereocenters. The van der Waals surface area contributed by atoms with Crippen LogP contribution in [0.2, 0.25) is 0 Å². The Kier molecular flexibility index (Phi) is 9.51. The van der Waals surface area contributed by atoms with E-state index in [1.165, 1.54) is 0 Å². The maximum atomic E-state index is 6.15. The zero-order valence-electron chi connectivity index (χ0n) is 17.2. The summed E-state index contributed by atoms with van der Waals surface area (Å²) in [5.74, 6) is 1.28. The average Bonchev–Trinajstić information content (AvgIpc) is 2.69. The van der Waals surface area contributed by atoms with Gasteiger partial charge >= 0.3 is 0 Å². The van der Waals surface area contributed by atoms with Crippen LogP contribution < -0.4 is 4.74 Å². The number of hydrogen-bond acceptors (Lipinski definition) is 6. The molecule has 0 amide bonds. The first-order valence-corrected chi connectivity index (χ1v) is 9.60. The molecule has 2 rings (SSSR count). The van der Waals surface area contributed by atoms with Gasteiger partial charge in [-0.3, -0.25) is 0 Å². The van der Waals surface area contributed by atoms with Crippen LogP contribution in [0.5, 0.6) is 5.75 Å². The molecule has 0 aromatic heterocycles. The maximum absolute atomic E-state index is 6.15. The van der Waals surface area contributed by atoms with Crippen molar-refractivity contribution >= 4 is 0 Å².